The van der Waals surface area contributed by atoms with E-state index < -0.39 is 45.9 Å². The van der Waals surface area contributed by atoms with Crippen LogP contribution in [-0.2, 0) is 45.8 Å². The first kappa shape index (κ1) is 44.4. The van der Waals surface area contributed by atoms with Gasteiger partial charge in [0.05, 0.1) is 27.4 Å². The molecule has 6 aliphatic rings. The molecule has 6 heterocycles. The number of anilines is 1. The number of rotatable bonds is 8. The third-order valence-electron chi connectivity index (χ3n) is 16.4. The summed E-state index contributed by atoms with van der Waals surface area (Å²) in [5.74, 6) is 6.57. The third kappa shape index (κ3) is 6.23. The normalized spacial score (nSPS) is 33.7. The van der Waals surface area contributed by atoms with Crippen molar-refractivity contribution < 1.29 is 38.4 Å². The van der Waals surface area contributed by atoms with E-state index in [0.29, 0.717) is 61.9 Å². The number of piperidine rings is 1. The van der Waals surface area contributed by atoms with Gasteiger partial charge in [-0.25, -0.2) is 4.79 Å². The number of carbonyl (C=O) groups excluding carboxylic acids is 3. The number of carbonyl (C=O) groups is 3. The fourth-order valence-electron chi connectivity index (χ4n) is 14.0. The largest absolute Gasteiger partial charge is 0.496 e. The molecule has 3 aromatic rings. The Morgan fingerprint density at radius 1 is 1.00 bits per heavy atom. The Hall–Kier alpha value is -4.83. The van der Waals surface area contributed by atoms with Crippen molar-refractivity contribution >= 4 is 34.5 Å². The average Bonchev–Trinajstić information content (AvgIpc) is 3.94. The van der Waals surface area contributed by atoms with Crippen molar-refractivity contribution in [1.82, 2.24) is 14.8 Å². The summed E-state index contributed by atoms with van der Waals surface area (Å²) in [6, 6.07) is 9.29. The number of aromatic amines is 1. The predicted octanol–water partition coefficient (Wildman–Crippen LogP) is 6.27. The molecule has 3 fully saturated rings. The Kier molecular flexibility index (Phi) is 11.3. The first-order valence-electron chi connectivity index (χ1n) is 23.5. The van der Waals surface area contributed by atoms with Crippen molar-refractivity contribution in [3.63, 3.8) is 0 Å². The fourth-order valence-corrected chi connectivity index (χ4v) is 14.0. The molecule has 10 atom stereocenters. The minimum Gasteiger partial charge on any atom is -0.496 e. The molecule has 5 unspecified atom stereocenters. The van der Waals surface area contributed by atoms with Gasteiger partial charge in [-0.05, 0) is 91.8 Å². The summed E-state index contributed by atoms with van der Waals surface area (Å²) in [5.41, 5.74) is 0.629. The van der Waals surface area contributed by atoms with Crippen molar-refractivity contribution in [3.05, 3.63) is 70.4 Å². The molecule has 2 N–H and O–H groups in total. The van der Waals surface area contributed by atoms with Gasteiger partial charge in [0.2, 0.25) is 5.60 Å². The number of nitrogens with zero attached hydrogens (tertiary/aromatic N) is 3. The van der Waals surface area contributed by atoms with Gasteiger partial charge in [0, 0.05) is 103 Å². The minimum absolute atomic E-state index is 0.154. The van der Waals surface area contributed by atoms with Crippen LogP contribution < -0.4 is 9.64 Å². The van der Waals surface area contributed by atoms with Crippen molar-refractivity contribution in [1.29, 1.82) is 0 Å². The van der Waals surface area contributed by atoms with Gasteiger partial charge in [0.1, 0.15) is 11.2 Å². The first-order chi connectivity index (χ1) is 30.7. The van der Waals surface area contributed by atoms with Crippen molar-refractivity contribution in [2.45, 2.75) is 114 Å². The minimum atomic E-state index is -2.29. The number of fused-ring (bicyclic) bond motifs is 6. The number of H-pyrrole nitrogens is 1. The number of hydrogen-bond donors (Lipinski definition) is 2. The molecule has 1 spiro atoms. The van der Waals surface area contributed by atoms with Gasteiger partial charge < -0.3 is 38.8 Å². The highest BCUT2D eigenvalue weighted by molar-refractivity contribution is 5.95. The van der Waals surface area contributed by atoms with E-state index in [9.17, 15) is 14.7 Å². The highest BCUT2D eigenvalue weighted by Crippen LogP contribution is 2.68. The smallest absolute Gasteiger partial charge is 0.344 e. The van der Waals surface area contributed by atoms with E-state index in [2.05, 4.69) is 83.8 Å². The van der Waals surface area contributed by atoms with E-state index in [1.165, 1.54) is 21.1 Å². The Bertz CT molecular complexity index is 2470. The van der Waals surface area contributed by atoms with Crippen molar-refractivity contribution in [2.24, 2.45) is 23.2 Å². The van der Waals surface area contributed by atoms with Crippen LogP contribution >= 0.6 is 0 Å². The first-order valence-corrected chi connectivity index (χ1v) is 23.5. The molecule has 342 valence electrons. The maximum Gasteiger partial charge on any atom is 0.344 e. The van der Waals surface area contributed by atoms with Gasteiger partial charge in [-0.15, -0.1) is 0 Å². The lowest BCUT2D eigenvalue weighted by Gasteiger charge is -2.63. The number of likely N-dealkylation sites (N-methyl/N-ethyl adjacent to an activating group) is 1. The van der Waals surface area contributed by atoms with Gasteiger partial charge in [-0.3, -0.25) is 14.5 Å². The maximum atomic E-state index is 15.6. The summed E-state index contributed by atoms with van der Waals surface area (Å²) in [7, 11) is 6.29. The van der Waals surface area contributed by atoms with Gasteiger partial charge in [-0.1, -0.05) is 58.1 Å². The number of hydrogen-bond acceptors (Lipinski definition) is 11. The number of aromatic nitrogens is 1. The third-order valence-corrected chi connectivity index (χ3v) is 16.4. The summed E-state index contributed by atoms with van der Waals surface area (Å²) in [5, 5.41) is 14.5. The van der Waals surface area contributed by atoms with Crippen LogP contribution in [0.25, 0.3) is 10.9 Å². The van der Waals surface area contributed by atoms with Gasteiger partial charge in [0.15, 0.2) is 6.10 Å². The Balaban J connectivity index is 1.35. The zero-order chi connectivity index (χ0) is 45.5. The molecule has 2 bridgehead atoms. The molecule has 64 heavy (non-hydrogen) atoms. The van der Waals surface area contributed by atoms with Crippen LogP contribution in [0.5, 0.6) is 5.75 Å². The number of esters is 3. The van der Waals surface area contributed by atoms with E-state index in [-0.39, 0.29) is 17.9 Å². The van der Waals surface area contributed by atoms with E-state index in [1.54, 1.807) is 7.11 Å². The van der Waals surface area contributed by atoms with E-state index in [0.717, 1.165) is 77.9 Å². The van der Waals surface area contributed by atoms with Crippen molar-refractivity contribution in [3.8, 4) is 17.6 Å². The van der Waals surface area contributed by atoms with Gasteiger partial charge in [0.25, 0.3) is 0 Å². The molecule has 1 aliphatic carbocycles. The highest BCUT2D eigenvalue weighted by Gasteiger charge is 2.80. The van der Waals surface area contributed by atoms with E-state index in [1.807, 2.05) is 24.9 Å². The topological polar surface area (TPSA) is 134 Å². The predicted molar refractivity (Wildman–Crippen MR) is 245 cm³/mol. The zero-order valence-electron chi connectivity index (χ0n) is 39.1. The fraction of sp³-hybridized carbons (Fsp3) is 0.596. The number of methoxy groups -OCH3 is 3. The lowest BCUT2D eigenvalue weighted by Crippen LogP contribution is -2.81. The molecule has 0 amide bonds. The number of ether oxygens (including phenoxy) is 4. The van der Waals surface area contributed by atoms with Crippen LogP contribution in [-0.4, -0.2) is 123 Å². The monoisotopic (exact) mass is 874 g/mol. The van der Waals surface area contributed by atoms with Gasteiger partial charge >= 0.3 is 17.9 Å². The average molecular weight is 875 g/mol. The van der Waals surface area contributed by atoms with Crippen LogP contribution in [0.2, 0.25) is 0 Å². The lowest BCUT2D eigenvalue weighted by molar-refractivity contribution is -0.228. The maximum absolute atomic E-state index is 15.6. The molecule has 12 nitrogen and oxygen atoms in total. The molecule has 12 heteroatoms. The Morgan fingerprint density at radius 2 is 1.78 bits per heavy atom. The molecular weight excluding hydrogens is 809 g/mol. The Morgan fingerprint density at radius 3 is 2.47 bits per heavy atom. The quantitative estimate of drug-likeness (QED) is 0.115. The highest BCUT2D eigenvalue weighted by atomic mass is 16.6. The van der Waals surface area contributed by atoms with Crippen LogP contribution in [0.15, 0.2) is 42.5 Å². The van der Waals surface area contributed by atoms with Gasteiger partial charge in [-0.2, -0.15) is 0 Å². The SMILES string of the molecule is CCC1CC2CN(CCc3c([nH]c4ccc(C#CCC(C)C)cc34)[C@@](C(=O)OC)(c3cc4c(cc3OC)N(C)C3[C@]45CCN4CC=C[C@](CC)(C45)[C@@H](OC(C)=O)[C@]3(O)C(=O)OC)C2)C1. The van der Waals surface area contributed by atoms with Crippen LogP contribution in [0.3, 0.4) is 0 Å². The molecule has 2 aromatic carbocycles. The molecular formula is C52H66N4O8. The molecule has 0 radical (unpaired) electrons. The lowest BCUT2D eigenvalue weighted by atomic mass is 9.47. The van der Waals surface area contributed by atoms with Crippen molar-refractivity contribution in [2.75, 3.05) is 66.0 Å². The number of aliphatic hydroxyl groups is 1. The standard InChI is InChI=1S/C52H66N4O8/c1-10-33-24-35-28-51(47(58)62-8,43-36(18-22-55(29-33)30-35)37-25-34(15-12-14-31(3)4)16-17-40(37)53-43)39-26-38-41(27-42(39)61-7)54(6)45-50(38)20-23-56-21-13-19-49(11-2,44(50)56)46(64-32(5)57)52(45,60)48(59)63-9/h13,16-17,19,25-27,31,33,35,44-46,53,60H,10-11,14,18,20-24,28-30H2,1-9H3/t33?,35?,44?,45?,46-,49-,50-,51+,52+/m1/s1. The summed E-state index contributed by atoms with van der Waals surface area (Å²) >= 11 is 0. The summed E-state index contributed by atoms with van der Waals surface area (Å²) < 4.78 is 24.2. The molecule has 1 aromatic heterocycles. The molecule has 2 saturated heterocycles. The zero-order valence-corrected chi connectivity index (χ0v) is 39.1. The molecule has 1 saturated carbocycles. The number of benzene rings is 2. The second-order valence-electron chi connectivity index (χ2n) is 20.1. The summed E-state index contributed by atoms with van der Waals surface area (Å²) in [6.07, 6.45) is 7.99. The number of nitrogens with one attached hydrogen (secondary N) is 1. The second kappa shape index (κ2) is 16.2. The molecule has 9 rings (SSSR count). The van der Waals surface area contributed by atoms with E-state index in [4.69, 9.17) is 18.9 Å². The van der Waals surface area contributed by atoms with Crippen LogP contribution in [0, 0.1) is 35.0 Å². The molecule has 5 aliphatic heterocycles. The summed E-state index contributed by atoms with van der Waals surface area (Å²) in [6.45, 7) is 14.0. The Labute approximate surface area is 378 Å². The van der Waals surface area contributed by atoms with Crippen LogP contribution in [0.1, 0.15) is 101 Å². The van der Waals surface area contributed by atoms with E-state index >= 15 is 4.79 Å². The second-order valence-corrected chi connectivity index (χ2v) is 20.1. The van der Waals surface area contributed by atoms with Crippen LogP contribution in [0.4, 0.5) is 5.69 Å². The summed E-state index contributed by atoms with van der Waals surface area (Å²) in [4.78, 5) is 54.0.